The highest BCUT2D eigenvalue weighted by Gasteiger charge is 2.20. The van der Waals surface area contributed by atoms with Crippen molar-refractivity contribution < 1.29 is 0 Å². The van der Waals surface area contributed by atoms with Gasteiger partial charge in [-0.2, -0.15) is 0 Å². The van der Waals surface area contributed by atoms with Gasteiger partial charge in [0.15, 0.2) is 0 Å². The van der Waals surface area contributed by atoms with Crippen LogP contribution in [0.15, 0.2) is 47.1 Å². The third-order valence-electron chi connectivity index (χ3n) is 3.01. The molecule has 0 amide bonds. The van der Waals surface area contributed by atoms with E-state index in [0.717, 1.165) is 15.7 Å². The van der Waals surface area contributed by atoms with Gasteiger partial charge >= 0.3 is 0 Å². The maximum absolute atomic E-state index is 6.37. The molecule has 2 nitrogen and oxygen atoms in total. The normalized spacial score (nSPS) is 14.2. The van der Waals surface area contributed by atoms with Crippen LogP contribution in [0.3, 0.4) is 0 Å². The third-order valence-corrected chi connectivity index (χ3v) is 4.40. The van der Waals surface area contributed by atoms with Gasteiger partial charge in [0.2, 0.25) is 0 Å². The van der Waals surface area contributed by atoms with Gasteiger partial charge in [0.25, 0.3) is 0 Å². The Morgan fingerprint density at radius 3 is 2.72 bits per heavy atom. The van der Waals surface area contributed by atoms with Gasteiger partial charge in [-0.3, -0.25) is 4.98 Å². The number of nitrogens with two attached hydrogens (primary N) is 1. The molecule has 0 aliphatic carbocycles. The Hall–Kier alpha value is -0.460. The van der Waals surface area contributed by atoms with Gasteiger partial charge in [-0.05, 0) is 58.5 Å². The molecule has 0 bridgehead atoms. The molecule has 18 heavy (non-hydrogen) atoms. The molecule has 0 radical (unpaired) electrons. The molecule has 94 valence electrons. The van der Waals surface area contributed by atoms with E-state index < -0.39 is 0 Å². The van der Waals surface area contributed by atoms with Crippen molar-refractivity contribution in [1.82, 2.24) is 4.98 Å². The van der Waals surface area contributed by atoms with Gasteiger partial charge in [0, 0.05) is 31.9 Å². The number of benzene rings is 1. The Bertz CT molecular complexity index is 531. The number of aromatic nitrogens is 1. The highest BCUT2D eigenvalue weighted by atomic mass is 127. The van der Waals surface area contributed by atoms with Crippen molar-refractivity contribution in [2.45, 2.75) is 18.9 Å². The molecule has 2 unspecified atom stereocenters. The first-order valence-electron chi connectivity index (χ1n) is 5.71. The smallest absolute Gasteiger partial charge is 0.0450 e. The van der Waals surface area contributed by atoms with E-state index in [0.29, 0.717) is 0 Å². The summed E-state index contributed by atoms with van der Waals surface area (Å²) in [6.45, 7) is 2.11. The Labute approximate surface area is 129 Å². The zero-order chi connectivity index (χ0) is 13.1. The summed E-state index contributed by atoms with van der Waals surface area (Å²) in [4.78, 5) is 4.38. The van der Waals surface area contributed by atoms with E-state index in [4.69, 9.17) is 5.73 Å². The summed E-state index contributed by atoms with van der Waals surface area (Å²) < 4.78 is 2.24. The molecule has 2 aromatic rings. The number of hydrogen-bond acceptors (Lipinski definition) is 2. The number of halogens is 2. The summed E-state index contributed by atoms with van der Waals surface area (Å²) in [7, 11) is 0. The Morgan fingerprint density at radius 2 is 2.06 bits per heavy atom. The van der Waals surface area contributed by atoms with Gasteiger partial charge in [0.1, 0.15) is 0 Å². The predicted octanol–water partition coefficient (Wildman–Crippen LogP) is 4.25. The minimum atomic E-state index is -0.0657. The molecule has 0 saturated carbocycles. The molecule has 1 aromatic carbocycles. The second-order valence-corrected chi connectivity index (χ2v) is 6.33. The molecule has 0 spiro atoms. The average Bonchev–Trinajstić information content (AvgIpc) is 2.41. The largest absolute Gasteiger partial charge is 0.323 e. The molecule has 1 aromatic heterocycles. The van der Waals surface area contributed by atoms with E-state index in [1.165, 1.54) is 3.57 Å². The quantitative estimate of drug-likeness (QED) is 0.759. The summed E-state index contributed by atoms with van der Waals surface area (Å²) in [5.74, 6) is 0.181. The predicted molar refractivity (Wildman–Crippen MR) is 86.4 cm³/mol. The van der Waals surface area contributed by atoms with Gasteiger partial charge in [0.05, 0.1) is 0 Å². The highest BCUT2D eigenvalue weighted by Crippen LogP contribution is 2.32. The maximum Gasteiger partial charge on any atom is 0.0450 e. The number of pyridine rings is 1. The number of hydrogen-bond donors (Lipinski definition) is 1. The number of nitrogens with zero attached hydrogens (tertiary/aromatic N) is 1. The monoisotopic (exact) mass is 416 g/mol. The lowest BCUT2D eigenvalue weighted by atomic mass is 9.92. The molecule has 1 heterocycles. The molecule has 4 heteroatoms. The van der Waals surface area contributed by atoms with Crippen LogP contribution in [-0.2, 0) is 0 Å². The standard InChI is InChI=1S/C14H14BrIN2/c1-9(13-4-2-3-7-18-13)14(17)11-8-10(16)5-6-12(11)15/h2-9,14H,17H2,1H3. The van der Waals surface area contributed by atoms with E-state index in [1.807, 2.05) is 30.5 Å². The first-order valence-corrected chi connectivity index (χ1v) is 7.58. The van der Waals surface area contributed by atoms with Gasteiger partial charge in [-0.25, -0.2) is 0 Å². The summed E-state index contributed by atoms with van der Waals surface area (Å²) in [5, 5.41) is 0. The van der Waals surface area contributed by atoms with Crippen molar-refractivity contribution in [1.29, 1.82) is 0 Å². The van der Waals surface area contributed by atoms with E-state index in [-0.39, 0.29) is 12.0 Å². The summed E-state index contributed by atoms with van der Waals surface area (Å²) in [5.41, 5.74) is 8.52. The Balaban J connectivity index is 2.31. The summed E-state index contributed by atoms with van der Waals surface area (Å²) >= 11 is 5.87. The van der Waals surface area contributed by atoms with E-state index in [1.54, 1.807) is 0 Å². The average molecular weight is 417 g/mol. The second-order valence-electron chi connectivity index (χ2n) is 4.23. The number of rotatable bonds is 3. The molecule has 0 fully saturated rings. The van der Waals surface area contributed by atoms with Crippen LogP contribution in [0.25, 0.3) is 0 Å². The molecular weight excluding hydrogens is 403 g/mol. The Kier molecular flexibility index (Phi) is 4.75. The van der Waals surface area contributed by atoms with Crippen LogP contribution in [0.1, 0.15) is 30.1 Å². The second kappa shape index (κ2) is 6.12. The SMILES string of the molecule is CC(c1ccccn1)C(N)c1cc(I)ccc1Br. The van der Waals surface area contributed by atoms with Crippen LogP contribution in [0.4, 0.5) is 0 Å². The van der Waals surface area contributed by atoms with Crippen LogP contribution in [0.5, 0.6) is 0 Å². The van der Waals surface area contributed by atoms with Gasteiger partial charge in [-0.1, -0.05) is 28.9 Å². The first-order chi connectivity index (χ1) is 8.59. The fraction of sp³-hybridized carbons (Fsp3) is 0.214. The van der Waals surface area contributed by atoms with Crippen LogP contribution in [-0.4, -0.2) is 4.98 Å². The molecular formula is C14H14BrIN2. The van der Waals surface area contributed by atoms with Crippen molar-refractivity contribution in [3.8, 4) is 0 Å². The fourth-order valence-corrected chi connectivity index (χ4v) is 2.89. The lowest BCUT2D eigenvalue weighted by Gasteiger charge is -2.21. The van der Waals surface area contributed by atoms with Crippen molar-refractivity contribution in [2.75, 3.05) is 0 Å². The van der Waals surface area contributed by atoms with Crippen molar-refractivity contribution in [3.05, 3.63) is 61.9 Å². The van der Waals surface area contributed by atoms with Crippen molar-refractivity contribution in [2.24, 2.45) is 5.73 Å². The highest BCUT2D eigenvalue weighted by molar-refractivity contribution is 14.1. The molecule has 2 rings (SSSR count). The lowest BCUT2D eigenvalue weighted by Crippen LogP contribution is -2.19. The molecule has 0 aliphatic heterocycles. The van der Waals surface area contributed by atoms with E-state index >= 15 is 0 Å². The first kappa shape index (κ1) is 14.0. The third kappa shape index (κ3) is 3.10. The van der Waals surface area contributed by atoms with Crippen LogP contribution >= 0.6 is 38.5 Å². The molecule has 0 saturated heterocycles. The van der Waals surface area contributed by atoms with Crippen molar-refractivity contribution >= 4 is 38.5 Å². The molecule has 2 N–H and O–H groups in total. The minimum Gasteiger partial charge on any atom is -0.323 e. The van der Waals surface area contributed by atoms with Crippen molar-refractivity contribution in [3.63, 3.8) is 0 Å². The Morgan fingerprint density at radius 1 is 1.28 bits per heavy atom. The zero-order valence-electron chi connectivity index (χ0n) is 9.98. The van der Waals surface area contributed by atoms with Crippen LogP contribution in [0.2, 0.25) is 0 Å². The molecule has 2 atom stereocenters. The lowest BCUT2D eigenvalue weighted by molar-refractivity contribution is 0.581. The maximum atomic E-state index is 6.37. The van der Waals surface area contributed by atoms with Crippen LogP contribution in [0, 0.1) is 3.57 Å². The van der Waals surface area contributed by atoms with Gasteiger partial charge < -0.3 is 5.73 Å². The summed E-state index contributed by atoms with van der Waals surface area (Å²) in [6, 6.07) is 12.1. The topological polar surface area (TPSA) is 38.9 Å². The molecule has 0 aliphatic rings. The minimum absolute atomic E-state index is 0.0657. The summed E-state index contributed by atoms with van der Waals surface area (Å²) in [6.07, 6.45) is 1.81. The zero-order valence-corrected chi connectivity index (χ0v) is 13.7. The fourth-order valence-electron chi connectivity index (χ4n) is 1.87. The van der Waals surface area contributed by atoms with Crippen LogP contribution < -0.4 is 5.73 Å². The van der Waals surface area contributed by atoms with E-state index in [2.05, 4.69) is 62.6 Å². The van der Waals surface area contributed by atoms with E-state index in [9.17, 15) is 0 Å². The van der Waals surface area contributed by atoms with Gasteiger partial charge in [-0.15, -0.1) is 0 Å².